The first-order valence-electron chi connectivity index (χ1n) is 11.1. The van der Waals surface area contributed by atoms with Gasteiger partial charge in [-0.1, -0.05) is 17.7 Å². The fraction of sp³-hybridized carbons (Fsp3) is 0.360. The molecule has 1 aromatic carbocycles. The van der Waals surface area contributed by atoms with Gasteiger partial charge < -0.3 is 14.4 Å². The summed E-state index contributed by atoms with van der Waals surface area (Å²) in [5.41, 5.74) is 5.43. The van der Waals surface area contributed by atoms with E-state index in [1.807, 2.05) is 24.7 Å². The number of pyridine rings is 2. The lowest BCUT2D eigenvalue weighted by atomic mass is 9.86. The van der Waals surface area contributed by atoms with Crippen LogP contribution in [0.15, 0.2) is 55.1 Å². The third kappa shape index (κ3) is 3.27. The molecule has 0 spiro atoms. The van der Waals surface area contributed by atoms with E-state index in [0.29, 0.717) is 10.9 Å². The molecule has 1 saturated carbocycles. The Morgan fingerprint density at radius 1 is 1.03 bits per heavy atom. The van der Waals surface area contributed by atoms with E-state index in [0.717, 1.165) is 48.0 Å². The molecule has 4 aromatic rings. The minimum atomic E-state index is -0.473. The fourth-order valence-corrected chi connectivity index (χ4v) is 5.37. The zero-order chi connectivity index (χ0) is 20.9. The van der Waals surface area contributed by atoms with Gasteiger partial charge in [-0.15, -0.1) is 0 Å². The summed E-state index contributed by atoms with van der Waals surface area (Å²) in [5, 5.41) is 13.3. The molecule has 0 radical (unpaired) electrons. The second-order valence-electron chi connectivity index (χ2n) is 8.87. The molecule has 3 aromatic heterocycles. The quantitative estimate of drug-likeness (QED) is 0.471. The number of benzene rings is 1. The van der Waals surface area contributed by atoms with Crippen molar-refractivity contribution in [1.82, 2.24) is 14.4 Å². The first kappa shape index (κ1) is 19.1. The van der Waals surface area contributed by atoms with Crippen molar-refractivity contribution < 1.29 is 5.11 Å². The molecule has 2 fully saturated rings. The Balaban J connectivity index is 1.27. The SMILES string of the molecule is O[C@H](c1c(C2CC2)ccc2cncn12)C1CCN(c2ccc(Cl)c3ncccc23)CC1. The van der Waals surface area contributed by atoms with E-state index in [2.05, 4.69) is 43.5 Å². The molecule has 1 aliphatic heterocycles. The highest BCUT2D eigenvalue weighted by molar-refractivity contribution is 6.35. The van der Waals surface area contributed by atoms with E-state index in [4.69, 9.17) is 11.6 Å². The Morgan fingerprint density at radius 3 is 2.68 bits per heavy atom. The number of hydrogen-bond acceptors (Lipinski definition) is 4. The van der Waals surface area contributed by atoms with Crippen molar-refractivity contribution in [3.63, 3.8) is 0 Å². The number of aliphatic hydroxyl groups excluding tert-OH is 1. The van der Waals surface area contributed by atoms with Gasteiger partial charge in [0.2, 0.25) is 0 Å². The van der Waals surface area contributed by atoms with E-state index in [1.165, 1.54) is 24.1 Å². The van der Waals surface area contributed by atoms with Crippen molar-refractivity contribution in [2.24, 2.45) is 5.92 Å². The van der Waals surface area contributed by atoms with Gasteiger partial charge in [-0.2, -0.15) is 0 Å². The molecule has 0 bridgehead atoms. The first-order valence-corrected chi connectivity index (χ1v) is 11.5. The van der Waals surface area contributed by atoms with Gasteiger partial charge in [0.05, 0.1) is 40.4 Å². The second kappa shape index (κ2) is 7.50. The molecule has 4 heterocycles. The van der Waals surface area contributed by atoms with Gasteiger partial charge in [0.15, 0.2) is 0 Å². The Bertz CT molecular complexity index is 1260. The zero-order valence-electron chi connectivity index (χ0n) is 17.3. The van der Waals surface area contributed by atoms with Crippen LogP contribution in [0.2, 0.25) is 5.02 Å². The normalized spacial score (nSPS) is 18.7. The first-order chi connectivity index (χ1) is 15.2. The molecule has 31 heavy (non-hydrogen) atoms. The van der Waals surface area contributed by atoms with Gasteiger partial charge >= 0.3 is 0 Å². The maximum Gasteiger partial charge on any atom is 0.0995 e. The highest BCUT2D eigenvalue weighted by atomic mass is 35.5. The number of anilines is 1. The predicted molar refractivity (Wildman–Crippen MR) is 124 cm³/mol. The van der Waals surface area contributed by atoms with Crippen LogP contribution in [0.1, 0.15) is 49.0 Å². The van der Waals surface area contributed by atoms with Crippen molar-refractivity contribution in [1.29, 1.82) is 0 Å². The summed E-state index contributed by atoms with van der Waals surface area (Å²) in [4.78, 5) is 11.2. The van der Waals surface area contributed by atoms with Crippen LogP contribution in [0.25, 0.3) is 16.4 Å². The fourth-order valence-electron chi connectivity index (χ4n) is 5.16. The largest absolute Gasteiger partial charge is 0.387 e. The standard InChI is InChI=1S/C25H25ClN4O/c26-21-7-8-22(20-2-1-11-28-23(20)21)29-12-9-17(10-13-29)25(31)24-19(16-3-4-16)6-5-18-14-27-15-30(18)24/h1-2,5-8,11,14-17,25,31H,3-4,9-10,12-13H2/t25-/m0/s1. The number of halogens is 1. The zero-order valence-corrected chi connectivity index (χ0v) is 18.0. The van der Waals surface area contributed by atoms with Gasteiger partial charge in [0.1, 0.15) is 0 Å². The number of piperidine rings is 1. The number of hydrogen-bond donors (Lipinski definition) is 1. The summed E-state index contributed by atoms with van der Waals surface area (Å²) in [6.07, 6.45) is 9.36. The molecule has 5 nitrogen and oxygen atoms in total. The van der Waals surface area contributed by atoms with Crippen LogP contribution in [0.5, 0.6) is 0 Å². The van der Waals surface area contributed by atoms with Gasteiger partial charge in [-0.3, -0.25) is 4.98 Å². The van der Waals surface area contributed by atoms with Crippen LogP contribution in [-0.4, -0.2) is 32.6 Å². The minimum Gasteiger partial charge on any atom is -0.387 e. The predicted octanol–water partition coefficient (Wildman–Crippen LogP) is 5.36. The monoisotopic (exact) mass is 432 g/mol. The molecule has 158 valence electrons. The highest BCUT2D eigenvalue weighted by Gasteiger charge is 2.34. The molecule has 6 heteroatoms. The van der Waals surface area contributed by atoms with Crippen molar-refractivity contribution >= 4 is 33.7 Å². The number of rotatable bonds is 4. The molecular formula is C25H25ClN4O. The van der Waals surface area contributed by atoms with E-state index in [9.17, 15) is 5.11 Å². The molecule has 1 aliphatic carbocycles. The second-order valence-corrected chi connectivity index (χ2v) is 9.28. The number of imidazole rings is 1. The summed E-state index contributed by atoms with van der Waals surface area (Å²) >= 11 is 6.36. The summed E-state index contributed by atoms with van der Waals surface area (Å²) in [5.74, 6) is 0.822. The number of aliphatic hydroxyl groups is 1. The van der Waals surface area contributed by atoms with Crippen molar-refractivity contribution in [2.75, 3.05) is 18.0 Å². The summed E-state index contributed by atoms with van der Waals surface area (Å²) < 4.78 is 2.10. The summed E-state index contributed by atoms with van der Waals surface area (Å²) in [6.45, 7) is 1.82. The molecule has 6 rings (SSSR count). The van der Waals surface area contributed by atoms with Gasteiger partial charge in [-0.05, 0) is 73.4 Å². The topological polar surface area (TPSA) is 53.7 Å². The molecule has 2 aliphatic rings. The lowest BCUT2D eigenvalue weighted by molar-refractivity contribution is 0.0871. The molecule has 0 amide bonds. The lowest BCUT2D eigenvalue weighted by Gasteiger charge is -2.36. The van der Waals surface area contributed by atoms with Gasteiger partial charge in [0.25, 0.3) is 0 Å². The Kier molecular flexibility index (Phi) is 4.62. The highest BCUT2D eigenvalue weighted by Crippen LogP contribution is 2.45. The Morgan fingerprint density at radius 2 is 1.87 bits per heavy atom. The van der Waals surface area contributed by atoms with Crippen LogP contribution in [0.3, 0.4) is 0 Å². The molecule has 1 saturated heterocycles. The average molecular weight is 433 g/mol. The summed E-state index contributed by atoms with van der Waals surface area (Å²) in [6, 6.07) is 12.4. The number of nitrogens with zero attached hydrogens (tertiary/aromatic N) is 4. The van der Waals surface area contributed by atoms with E-state index in [1.54, 1.807) is 6.20 Å². The van der Waals surface area contributed by atoms with Gasteiger partial charge in [-0.25, -0.2) is 4.98 Å². The van der Waals surface area contributed by atoms with Crippen molar-refractivity contribution in [3.05, 3.63) is 71.4 Å². The van der Waals surface area contributed by atoms with Crippen molar-refractivity contribution in [2.45, 2.75) is 37.7 Å². The maximum absolute atomic E-state index is 11.5. The minimum absolute atomic E-state index is 0.235. The van der Waals surface area contributed by atoms with Crippen LogP contribution in [0.4, 0.5) is 5.69 Å². The Labute approximate surface area is 186 Å². The van der Waals surface area contributed by atoms with Crippen LogP contribution in [-0.2, 0) is 0 Å². The molecule has 1 atom stereocenters. The summed E-state index contributed by atoms with van der Waals surface area (Å²) in [7, 11) is 0. The Hall–Kier alpha value is -2.63. The molecular weight excluding hydrogens is 408 g/mol. The van der Waals surface area contributed by atoms with E-state index < -0.39 is 6.10 Å². The smallest absolute Gasteiger partial charge is 0.0995 e. The van der Waals surface area contributed by atoms with E-state index in [-0.39, 0.29) is 5.92 Å². The van der Waals surface area contributed by atoms with Crippen LogP contribution >= 0.6 is 11.6 Å². The third-order valence-electron chi connectivity index (χ3n) is 6.98. The van der Waals surface area contributed by atoms with E-state index >= 15 is 0 Å². The molecule has 1 N–H and O–H groups in total. The lowest BCUT2D eigenvalue weighted by Crippen LogP contribution is -2.36. The van der Waals surface area contributed by atoms with Crippen molar-refractivity contribution in [3.8, 4) is 0 Å². The van der Waals surface area contributed by atoms with Crippen LogP contribution < -0.4 is 4.90 Å². The maximum atomic E-state index is 11.5. The van der Waals surface area contributed by atoms with Gasteiger partial charge in [0, 0.05) is 30.4 Å². The third-order valence-corrected chi connectivity index (χ3v) is 7.28. The number of fused-ring (bicyclic) bond motifs is 2. The number of aromatic nitrogens is 3. The average Bonchev–Trinajstić information content (AvgIpc) is 3.55. The molecule has 0 unspecified atom stereocenters. The van der Waals surface area contributed by atoms with Crippen LogP contribution in [0, 0.1) is 5.92 Å².